The van der Waals surface area contributed by atoms with Crippen molar-refractivity contribution in [3.05, 3.63) is 26.1 Å². The van der Waals surface area contributed by atoms with Gasteiger partial charge in [-0.2, -0.15) is 0 Å². The summed E-state index contributed by atoms with van der Waals surface area (Å²) < 4.78 is 0. The molecule has 0 aliphatic heterocycles. The van der Waals surface area contributed by atoms with Gasteiger partial charge < -0.3 is 10.4 Å². The highest BCUT2D eigenvalue weighted by Crippen LogP contribution is 2.21. The molecule has 0 saturated carbocycles. The zero-order chi connectivity index (χ0) is 15.6. The molecule has 2 aromatic heterocycles. The van der Waals surface area contributed by atoms with E-state index in [1.165, 1.54) is 11.3 Å². The number of amides is 2. The standard InChI is InChI=1S/C12H14N4O3S2/c1-5-7(3)20-12(15-5)16-11(19)13-4-8-14-6(2)9(21-8)10(17)18/h4H2,1-3H3,(H,17,18)(H2,13,15,16,19). The average molecular weight is 326 g/mol. The number of carbonyl (C=O) groups is 2. The highest BCUT2D eigenvalue weighted by Gasteiger charge is 2.14. The van der Waals surface area contributed by atoms with Gasteiger partial charge in [-0.3, -0.25) is 5.32 Å². The van der Waals surface area contributed by atoms with Crippen LogP contribution >= 0.6 is 22.7 Å². The Bertz CT molecular complexity index is 673. The number of anilines is 1. The first kappa shape index (κ1) is 15.4. The fraction of sp³-hybridized carbons (Fsp3) is 0.333. The molecule has 0 bridgehead atoms. The molecule has 2 amide bonds. The monoisotopic (exact) mass is 326 g/mol. The second-order valence-electron chi connectivity index (χ2n) is 4.30. The second kappa shape index (κ2) is 6.19. The Hall–Kier alpha value is -2.00. The molecule has 7 nitrogen and oxygen atoms in total. The van der Waals surface area contributed by atoms with Crippen LogP contribution in [0.2, 0.25) is 0 Å². The molecule has 0 aliphatic rings. The van der Waals surface area contributed by atoms with Crippen molar-refractivity contribution in [3.63, 3.8) is 0 Å². The van der Waals surface area contributed by atoms with E-state index in [4.69, 9.17) is 5.11 Å². The van der Waals surface area contributed by atoms with Crippen LogP contribution in [0.5, 0.6) is 0 Å². The van der Waals surface area contributed by atoms with Gasteiger partial charge in [0.05, 0.1) is 17.9 Å². The molecule has 0 aliphatic carbocycles. The maximum atomic E-state index is 11.7. The third-order valence-electron chi connectivity index (χ3n) is 2.68. The SMILES string of the molecule is Cc1nc(NC(=O)NCc2nc(C)c(C(=O)O)s2)sc1C. The Labute approximate surface area is 129 Å². The summed E-state index contributed by atoms with van der Waals surface area (Å²) in [5.74, 6) is -1.01. The van der Waals surface area contributed by atoms with Gasteiger partial charge in [-0.15, -0.1) is 22.7 Å². The molecule has 0 radical (unpaired) electrons. The Kier molecular flexibility index (Phi) is 4.53. The van der Waals surface area contributed by atoms with Gasteiger partial charge in [0.1, 0.15) is 9.88 Å². The molecule has 0 spiro atoms. The van der Waals surface area contributed by atoms with Crippen molar-refractivity contribution >= 4 is 39.8 Å². The van der Waals surface area contributed by atoms with E-state index in [2.05, 4.69) is 20.6 Å². The molecule has 2 rings (SSSR count). The minimum atomic E-state index is -1.01. The van der Waals surface area contributed by atoms with Crippen molar-refractivity contribution in [1.29, 1.82) is 0 Å². The molecule has 0 saturated heterocycles. The lowest BCUT2D eigenvalue weighted by Gasteiger charge is -2.02. The summed E-state index contributed by atoms with van der Waals surface area (Å²) in [6, 6.07) is -0.395. The lowest BCUT2D eigenvalue weighted by molar-refractivity contribution is 0.0701. The van der Waals surface area contributed by atoms with Crippen LogP contribution in [0.25, 0.3) is 0 Å². The number of carboxylic acids is 1. The summed E-state index contributed by atoms with van der Waals surface area (Å²) in [5, 5.41) is 15.3. The largest absolute Gasteiger partial charge is 0.477 e. The Morgan fingerprint density at radius 2 is 1.86 bits per heavy atom. The van der Waals surface area contributed by atoms with Crippen molar-refractivity contribution in [2.75, 3.05) is 5.32 Å². The third-order valence-corrected chi connectivity index (χ3v) is 4.82. The number of aromatic carboxylic acids is 1. The van der Waals surface area contributed by atoms with Crippen LogP contribution in [0.1, 0.15) is 30.9 Å². The molecular weight excluding hydrogens is 312 g/mol. The fourth-order valence-corrected chi connectivity index (χ4v) is 3.20. The predicted octanol–water partition coefficient (Wildman–Crippen LogP) is 2.54. The van der Waals surface area contributed by atoms with E-state index in [1.54, 1.807) is 6.92 Å². The van der Waals surface area contributed by atoms with Gasteiger partial charge in [0, 0.05) is 4.88 Å². The molecule has 9 heteroatoms. The number of thiazole rings is 2. The number of nitrogens with zero attached hydrogens (tertiary/aromatic N) is 2. The second-order valence-corrected chi connectivity index (χ2v) is 6.58. The van der Waals surface area contributed by atoms with Gasteiger partial charge >= 0.3 is 12.0 Å². The zero-order valence-electron chi connectivity index (χ0n) is 11.7. The normalized spacial score (nSPS) is 10.4. The van der Waals surface area contributed by atoms with E-state index < -0.39 is 12.0 Å². The minimum Gasteiger partial charge on any atom is -0.477 e. The first-order valence-electron chi connectivity index (χ1n) is 6.05. The highest BCUT2D eigenvalue weighted by atomic mass is 32.1. The van der Waals surface area contributed by atoms with Gasteiger partial charge in [0.2, 0.25) is 0 Å². The number of nitrogens with one attached hydrogen (secondary N) is 2. The van der Waals surface area contributed by atoms with E-state index in [0.29, 0.717) is 15.8 Å². The Morgan fingerprint density at radius 1 is 1.14 bits per heavy atom. The summed E-state index contributed by atoms with van der Waals surface area (Å²) in [7, 11) is 0. The number of hydrogen-bond acceptors (Lipinski definition) is 6. The Balaban J connectivity index is 1.92. The number of rotatable bonds is 4. The molecule has 2 aromatic rings. The third kappa shape index (κ3) is 3.76. The van der Waals surface area contributed by atoms with Gasteiger partial charge in [0.15, 0.2) is 5.13 Å². The molecule has 2 heterocycles. The topological polar surface area (TPSA) is 104 Å². The van der Waals surface area contributed by atoms with Gasteiger partial charge in [-0.1, -0.05) is 0 Å². The summed E-state index contributed by atoms with van der Waals surface area (Å²) in [6.45, 7) is 5.61. The first-order chi connectivity index (χ1) is 9.86. The number of urea groups is 1. The Morgan fingerprint density at radius 3 is 2.38 bits per heavy atom. The van der Waals surface area contributed by atoms with E-state index in [1.807, 2.05) is 13.8 Å². The fourth-order valence-electron chi connectivity index (χ4n) is 1.55. The summed E-state index contributed by atoms with van der Waals surface area (Å²) >= 11 is 2.46. The van der Waals surface area contributed by atoms with Crippen LogP contribution in [0.3, 0.4) is 0 Å². The van der Waals surface area contributed by atoms with Gasteiger partial charge in [-0.05, 0) is 20.8 Å². The molecule has 3 N–H and O–H groups in total. The first-order valence-corrected chi connectivity index (χ1v) is 7.68. The molecule has 0 aromatic carbocycles. The lowest BCUT2D eigenvalue weighted by atomic mass is 10.4. The lowest BCUT2D eigenvalue weighted by Crippen LogP contribution is -2.28. The van der Waals surface area contributed by atoms with Crippen molar-refractivity contribution in [2.24, 2.45) is 0 Å². The van der Waals surface area contributed by atoms with E-state index in [-0.39, 0.29) is 11.4 Å². The van der Waals surface area contributed by atoms with Crippen LogP contribution in [0.15, 0.2) is 0 Å². The van der Waals surface area contributed by atoms with Crippen LogP contribution in [0.4, 0.5) is 9.93 Å². The number of aryl methyl sites for hydroxylation is 3. The maximum Gasteiger partial charge on any atom is 0.347 e. The highest BCUT2D eigenvalue weighted by molar-refractivity contribution is 7.15. The number of carboxylic acid groups (broad SMARTS) is 1. The van der Waals surface area contributed by atoms with Crippen molar-refractivity contribution in [1.82, 2.24) is 15.3 Å². The number of carbonyl (C=O) groups excluding carboxylic acids is 1. The van der Waals surface area contributed by atoms with E-state index >= 15 is 0 Å². The number of hydrogen-bond donors (Lipinski definition) is 3. The van der Waals surface area contributed by atoms with Crippen molar-refractivity contribution < 1.29 is 14.7 Å². The molecule has 21 heavy (non-hydrogen) atoms. The van der Waals surface area contributed by atoms with Crippen LogP contribution in [-0.4, -0.2) is 27.1 Å². The summed E-state index contributed by atoms with van der Waals surface area (Å²) in [6.07, 6.45) is 0. The zero-order valence-corrected chi connectivity index (χ0v) is 13.3. The van der Waals surface area contributed by atoms with Crippen molar-refractivity contribution in [3.8, 4) is 0 Å². The molecule has 0 unspecified atom stereocenters. The quantitative estimate of drug-likeness (QED) is 0.801. The molecular formula is C12H14N4O3S2. The van der Waals surface area contributed by atoms with Crippen LogP contribution in [0, 0.1) is 20.8 Å². The van der Waals surface area contributed by atoms with Gasteiger partial charge in [-0.25, -0.2) is 19.6 Å². The van der Waals surface area contributed by atoms with Crippen molar-refractivity contribution in [2.45, 2.75) is 27.3 Å². The summed E-state index contributed by atoms with van der Waals surface area (Å²) in [5.41, 5.74) is 1.34. The minimum absolute atomic E-state index is 0.175. The average Bonchev–Trinajstić information content (AvgIpc) is 2.91. The maximum absolute atomic E-state index is 11.7. The smallest absolute Gasteiger partial charge is 0.347 e. The van der Waals surface area contributed by atoms with Crippen LogP contribution in [-0.2, 0) is 6.54 Å². The predicted molar refractivity (Wildman–Crippen MR) is 81.3 cm³/mol. The van der Waals surface area contributed by atoms with Crippen LogP contribution < -0.4 is 10.6 Å². The van der Waals surface area contributed by atoms with E-state index in [9.17, 15) is 9.59 Å². The number of aromatic nitrogens is 2. The molecule has 0 atom stereocenters. The molecule has 112 valence electrons. The van der Waals surface area contributed by atoms with Gasteiger partial charge in [0.25, 0.3) is 0 Å². The summed E-state index contributed by atoms with van der Waals surface area (Å²) in [4.78, 5) is 32.2. The molecule has 0 fully saturated rings. The van der Waals surface area contributed by atoms with E-state index in [0.717, 1.165) is 21.9 Å².